The van der Waals surface area contributed by atoms with Gasteiger partial charge in [-0.05, 0) is 35.8 Å². The van der Waals surface area contributed by atoms with Crippen molar-refractivity contribution in [3.05, 3.63) is 33.0 Å². The van der Waals surface area contributed by atoms with Gasteiger partial charge in [-0.2, -0.15) is 5.10 Å². The first kappa shape index (κ1) is 14.2. The molecule has 0 saturated heterocycles. The lowest BCUT2D eigenvalue weighted by molar-refractivity contribution is 0.102. The largest absolute Gasteiger partial charge is 0.298 e. The Kier molecular flexibility index (Phi) is 3.50. The number of aryl methyl sites for hydroxylation is 3. The summed E-state index contributed by atoms with van der Waals surface area (Å²) in [4.78, 5) is 21.1. The van der Waals surface area contributed by atoms with E-state index in [-0.39, 0.29) is 5.91 Å². The lowest BCUT2D eigenvalue weighted by atomic mass is 10.1. The van der Waals surface area contributed by atoms with E-state index in [2.05, 4.69) is 36.3 Å². The van der Waals surface area contributed by atoms with E-state index in [1.165, 1.54) is 11.3 Å². The highest BCUT2D eigenvalue weighted by molar-refractivity contribution is 9.11. The molecule has 6 nitrogen and oxygen atoms in total. The number of carbonyl (C=O) groups excluding carboxylic acids is 1. The molecule has 108 valence electrons. The number of thiazole rings is 1. The summed E-state index contributed by atoms with van der Waals surface area (Å²) in [5.74, 6) is -0.205. The number of carbonyl (C=O) groups is 1. The highest BCUT2D eigenvalue weighted by Crippen LogP contribution is 2.26. The molecule has 3 rings (SSSR count). The Balaban J connectivity index is 2.08. The van der Waals surface area contributed by atoms with Crippen LogP contribution in [-0.4, -0.2) is 25.7 Å². The number of rotatable bonds is 2. The Labute approximate surface area is 133 Å². The summed E-state index contributed by atoms with van der Waals surface area (Å²) in [6, 6.07) is 1.77. The molecule has 1 amide bonds. The Morgan fingerprint density at radius 3 is 2.86 bits per heavy atom. The average Bonchev–Trinajstić information content (AvgIpc) is 2.93. The molecule has 0 aliphatic heterocycles. The maximum absolute atomic E-state index is 12.5. The maximum atomic E-state index is 12.5. The van der Waals surface area contributed by atoms with E-state index in [9.17, 15) is 4.79 Å². The second-order valence-corrected chi connectivity index (χ2v) is 7.05. The van der Waals surface area contributed by atoms with Crippen molar-refractivity contribution in [1.82, 2.24) is 19.7 Å². The number of nitrogens with zero attached hydrogens (tertiary/aromatic N) is 4. The van der Waals surface area contributed by atoms with Crippen LogP contribution in [0.3, 0.4) is 0 Å². The first-order valence-electron chi connectivity index (χ1n) is 6.19. The van der Waals surface area contributed by atoms with Gasteiger partial charge in [0.2, 0.25) is 0 Å². The van der Waals surface area contributed by atoms with Crippen LogP contribution in [0.1, 0.15) is 21.7 Å². The van der Waals surface area contributed by atoms with Crippen LogP contribution in [0.2, 0.25) is 0 Å². The molecule has 0 unspecified atom stereocenters. The van der Waals surface area contributed by atoms with Crippen molar-refractivity contribution in [1.29, 1.82) is 0 Å². The zero-order valence-electron chi connectivity index (χ0n) is 11.6. The third kappa shape index (κ3) is 2.56. The van der Waals surface area contributed by atoms with Crippen molar-refractivity contribution in [2.24, 2.45) is 7.05 Å². The molecule has 8 heteroatoms. The molecule has 0 aliphatic carbocycles. The minimum Gasteiger partial charge on any atom is -0.298 e. The van der Waals surface area contributed by atoms with Gasteiger partial charge in [0.05, 0.1) is 26.6 Å². The second kappa shape index (κ2) is 5.19. The van der Waals surface area contributed by atoms with Crippen molar-refractivity contribution < 1.29 is 4.79 Å². The van der Waals surface area contributed by atoms with Crippen LogP contribution < -0.4 is 5.32 Å². The van der Waals surface area contributed by atoms with Crippen LogP contribution in [0.25, 0.3) is 11.0 Å². The fourth-order valence-corrected chi connectivity index (χ4v) is 3.33. The topological polar surface area (TPSA) is 72.7 Å². The fraction of sp³-hybridized carbons (Fsp3) is 0.231. The number of anilines is 1. The Morgan fingerprint density at radius 1 is 1.43 bits per heavy atom. The summed E-state index contributed by atoms with van der Waals surface area (Å²) >= 11 is 4.69. The fourth-order valence-electron chi connectivity index (χ4n) is 2.23. The molecule has 0 fully saturated rings. The average molecular weight is 366 g/mol. The third-order valence-electron chi connectivity index (χ3n) is 3.04. The van der Waals surface area contributed by atoms with Gasteiger partial charge in [0.15, 0.2) is 10.8 Å². The highest BCUT2D eigenvalue weighted by atomic mass is 79.9. The van der Waals surface area contributed by atoms with Gasteiger partial charge >= 0.3 is 0 Å². The third-order valence-corrected chi connectivity index (χ3v) is 4.43. The Bertz CT molecular complexity index is 854. The van der Waals surface area contributed by atoms with Crippen LogP contribution in [0.4, 0.5) is 5.13 Å². The van der Waals surface area contributed by atoms with Gasteiger partial charge in [-0.15, -0.1) is 0 Å². The minimum absolute atomic E-state index is 0.205. The van der Waals surface area contributed by atoms with Gasteiger partial charge in [-0.25, -0.2) is 9.97 Å². The molecule has 0 radical (unpaired) electrons. The quantitative estimate of drug-likeness (QED) is 0.757. The van der Waals surface area contributed by atoms with Gasteiger partial charge in [0, 0.05) is 12.7 Å². The van der Waals surface area contributed by atoms with Crippen LogP contribution in [0, 0.1) is 13.8 Å². The molecule has 21 heavy (non-hydrogen) atoms. The van der Waals surface area contributed by atoms with E-state index in [1.807, 2.05) is 20.9 Å². The van der Waals surface area contributed by atoms with E-state index in [4.69, 9.17) is 0 Å². The molecule has 3 aromatic heterocycles. The number of pyridine rings is 1. The van der Waals surface area contributed by atoms with Gasteiger partial charge in [-0.1, -0.05) is 11.3 Å². The van der Waals surface area contributed by atoms with E-state index < -0.39 is 0 Å². The molecular weight excluding hydrogens is 354 g/mol. The number of halogens is 1. The predicted molar refractivity (Wildman–Crippen MR) is 85.8 cm³/mol. The van der Waals surface area contributed by atoms with Crippen molar-refractivity contribution >= 4 is 49.3 Å². The van der Waals surface area contributed by atoms with Gasteiger partial charge in [-0.3, -0.25) is 14.8 Å². The number of hydrogen-bond donors (Lipinski definition) is 1. The lowest BCUT2D eigenvalue weighted by Gasteiger charge is -2.05. The van der Waals surface area contributed by atoms with Crippen molar-refractivity contribution in [3.8, 4) is 0 Å². The molecular formula is C13H12BrN5OS. The minimum atomic E-state index is -0.205. The highest BCUT2D eigenvalue weighted by Gasteiger charge is 2.18. The molecule has 1 N–H and O–H groups in total. The zero-order valence-corrected chi connectivity index (χ0v) is 14.0. The monoisotopic (exact) mass is 365 g/mol. The summed E-state index contributed by atoms with van der Waals surface area (Å²) in [6.07, 6.45) is 1.66. The summed E-state index contributed by atoms with van der Waals surface area (Å²) in [5.41, 5.74) is 2.83. The molecule has 3 aromatic rings. The Hall–Kier alpha value is -1.80. The normalized spacial score (nSPS) is 11.0. The van der Waals surface area contributed by atoms with Gasteiger partial charge < -0.3 is 0 Å². The van der Waals surface area contributed by atoms with Gasteiger partial charge in [0.25, 0.3) is 5.91 Å². The van der Waals surface area contributed by atoms with E-state index in [0.717, 1.165) is 20.6 Å². The molecule has 0 bridgehead atoms. The summed E-state index contributed by atoms with van der Waals surface area (Å²) in [5, 5.41) is 8.47. The number of amides is 1. The summed E-state index contributed by atoms with van der Waals surface area (Å²) < 4.78 is 2.56. The molecule has 3 heterocycles. The maximum Gasteiger partial charge on any atom is 0.258 e. The van der Waals surface area contributed by atoms with E-state index >= 15 is 0 Å². The Morgan fingerprint density at radius 2 is 2.19 bits per heavy atom. The molecule has 0 aliphatic rings. The second-order valence-electron chi connectivity index (χ2n) is 4.64. The first-order chi connectivity index (χ1) is 9.95. The number of aromatic nitrogens is 4. The van der Waals surface area contributed by atoms with Crippen LogP contribution in [0.15, 0.2) is 16.0 Å². The smallest absolute Gasteiger partial charge is 0.258 e. The molecule has 0 atom stereocenters. The number of hydrogen-bond acceptors (Lipinski definition) is 5. The first-order valence-corrected chi connectivity index (χ1v) is 7.80. The van der Waals surface area contributed by atoms with Crippen LogP contribution in [0.5, 0.6) is 0 Å². The summed E-state index contributed by atoms with van der Waals surface area (Å²) in [6.45, 7) is 3.73. The van der Waals surface area contributed by atoms with Crippen molar-refractivity contribution in [2.45, 2.75) is 13.8 Å². The number of fused-ring (bicyclic) bond motifs is 1. The molecule has 0 aromatic carbocycles. The van der Waals surface area contributed by atoms with Crippen molar-refractivity contribution in [3.63, 3.8) is 0 Å². The van der Waals surface area contributed by atoms with Crippen molar-refractivity contribution in [2.75, 3.05) is 5.32 Å². The van der Waals surface area contributed by atoms with Crippen LogP contribution in [-0.2, 0) is 7.05 Å². The van der Waals surface area contributed by atoms with Gasteiger partial charge in [0.1, 0.15) is 0 Å². The molecule has 0 spiro atoms. The zero-order chi connectivity index (χ0) is 15.1. The SMILES string of the molecule is Cc1cc(C(=O)Nc2ncc(Br)s2)c2c(C)nn(C)c2n1. The van der Waals surface area contributed by atoms with Crippen LogP contribution >= 0.6 is 27.3 Å². The number of nitrogens with one attached hydrogen (secondary N) is 1. The molecule has 0 saturated carbocycles. The lowest BCUT2D eigenvalue weighted by Crippen LogP contribution is -2.13. The van der Waals surface area contributed by atoms with E-state index in [0.29, 0.717) is 16.3 Å². The van der Waals surface area contributed by atoms with E-state index in [1.54, 1.807) is 16.9 Å². The predicted octanol–water partition coefficient (Wildman–Crippen LogP) is 3.06. The summed E-state index contributed by atoms with van der Waals surface area (Å²) in [7, 11) is 1.82. The standard InChI is InChI=1S/C13H12BrN5OS/c1-6-4-8(10-7(2)18-19(3)11(10)16-6)12(20)17-13-15-5-9(14)21-13/h4-5H,1-3H3,(H,15,17,20).